The first kappa shape index (κ1) is 17.2. The van der Waals surface area contributed by atoms with Crippen LogP contribution >= 0.6 is 11.8 Å². The number of halogens is 2. The number of carbonyl (C=O) groups is 1. The maximum absolute atomic E-state index is 13.0. The molecule has 1 amide bonds. The van der Waals surface area contributed by atoms with Gasteiger partial charge in [-0.15, -0.1) is 13.9 Å². The largest absolute Gasteiger partial charge is 0.586 e. The van der Waals surface area contributed by atoms with E-state index in [1.807, 2.05) is 30.3 Å². The van der Waals surface area contributed by atoms with Crippen molar-refractivity contribution >= 4 is 23.4 Å². The van der Waals surface area contributed by atoms with Crippen molar-refractivity contribution in [1.29, 1.82) is 0 Å². The Labute approximate surface area is 155 Å². The van der Waals surface area contributed by atoms with Crippen molar-refractivity contribution in [2.24, 2.45) is 0 Å². The zero-order valence-electron chi connectivity index (χ0n) is 13.5. The van der Waals surface area contributed by atoms with Crippen LogP contribution < -0.4 is 14.8 Å². The number of anilines is 1. The van der Waals surface area contributed by atoms with E-state index in [0.29, 0.717) is 10.8 Å². The highest BCUT2D eigenvalue weighted by molar-refractivity contribution is 7.99. The summed E-state index contributed by atoms with van der Waals surface area (Å²) in [4.78, 5) is 12.2. The minimum absolute atomic E-state index is 0.0256. The summed E-state index contributed by atoms with van der Waals surface area (Å²) in [6.07, 6.45) is -3.70. The van der Waals surface area contributed by atoms with E-state index >= 15 is 0 Å². The molecule has 11 heteroatoms. The van der Waals surface area contributed by atoms with Crippen molar-refractivity contribution in [2.45, 2.75) is 11.5 Å². The predicted molar refractivity (Wildman–Crippen MR) is 91.2 cm³/mol. The number of thioether (sulfide) groups is 1. The van der Waals surface area contributed by atoms with Crippen molar-refractivity contribution in [3.8, 4) is 17.2 Å². The first-order chi connectivity index (χ1) is 13.0. The fourth-order valence-electron chi connectivity index (χ4n) is 2.35. The second-order valence-corrected chi connectivity index (χ2v) is 6.32. The molecule has 0 saturated heterocycles. The second-order valence-electron chi connectivity index (χ2n) is 5.37. The Balaban J connectivity index is 1.39. The van der Waals surface area contributed by atoms with Crippen LogP contribution in [0.25, 0.3) is 5.69 Å². The Morgan fingerprint density at radius 1 is 1.15 bits per heavy atom. The minimum atomic E-state index is -3.70. The number of alkyl halides is 2. The molecule has 1 N–H and O–H groups in total. The molecule has 2 heterocycles. The van der Waals surface area contributed by atoms with Gasteiger partial charge in [0.15, 0.2) is 11.5 Å². The maximum atomic E-state index is 13.0. The number of tetrazole rings is 1. The molecule has 0 atom stereocenters. The quantitative estimate of drug-likeness (QED) is 0.669. The van der Waals surface area contributed by atoms with Crippen LogP contribution in [0.1, 0.15) is 0 Å². The SMILES string of the molecule is O=C(CSc1nnnn1-c1ccccc1)Nc1ccc2c(c1)OC(F)(F)O2. The van der Waals surface area contributed by atoms with Gasteiger partial charge in [-0.2, -0.15) is 4.68 Å². The van der Waals surface area contributed by atoms with E-state index in [4.69, 9.17) is 0 Å². The third-order valence-electron chi connectivity index (χ3n) is 3.46. The maximum Gasteiger partial charge on any atom is 0.586 e. The van der Waals surface area contributed by atoms with Crippen molar-refractivity contribution in [2.75, 3.05) is 11.1 Å². The average Bonchev–Trinajstić information content (AvgIpc) is 3.22. The van der Waals surface area contributed by atoms with E-state index in [9.17, 15) is 13.6 Å². The Bertz CT molecular complexity index is 983. The molecule has 0 fully saturated rings. The van der Waals surface area contributed by atoms with Crippen molar-refractivity contribution in [3.05, 3.63) is 48.5 Å². The van der Waals surface area contributed by atoms with E-state index in [1.165, 1.54) is 22.9 Å². The van der Waals surface area contributed by atoms with Gasteiger partial charge in [-0.25, -0.2) is 0 Å². The smallest absolute Gasteiger partial charge is 0.395 e. The summed E-state index contributed by atoms with van der Waals surface area (Å²) in [6, 6.07) is 13.3. The first-order valence-corrected chi connectivity index (χ1v) is 8.65. The summed E-state index contributed by atoms with van der Waals surface area (Å²) >= 11 is 1.14. The third-order valence-corrected chi connectivity index (χ3v) is 4.38. The molecule has 0 bridgehead atoms. The van der Waals surface area contributed by atoms with Crippen LogP contribution in [-0.4, -0.2) is 38.2 Å². The second kappa shape index (κ2) is 6.83. The molecule has 0 unspecified atom stereocenters. The summed E-state index contributed by atoms with van der Waals surface area (Å²) < 4.78 is 36.2. The number of aromatic nitrogens is 4. The number of para-hydroxylation sites is 1. The monoisotopic (exact) mass is 391 g/mol. The van der Waals surface area contributed by atoms with Gasteiger partial charge in [0.25, 0.3) is 0 Å². The Kier molecular flexibility index (Phi) is 4.36. The Hall–Kier alpha value is -3.21. The lowest BCUT2D eigenvalue weighted by molar-refractivity contribution is -0.286. The van der Waals surface area contributed by atoms with Crippen molar-refractivity contribution < 1.29 is 23.0 Å². The number of nitrogens with zero attached hydrogens (tertiary/aromatic N) is 4. The predicted octanol–water partition coefficient (Wildman–Crippen LogP) is 2.71. The molecule has 0 saturated carbocycles. The van der Waals surface area contributed by atoms with E-state index in [2.05, 4.69) is 30.3 Å². The first-order valence-electron chi connectivity index (χ1n) is 7.66. The summed E-state index contributed by atoms with van der Waals surface area (Å²) in [7, 11) is 0. The van der Waals surface area contributed by atoms with Crippen LogP contribution in [0.3, 0.4) is 0 Å². The average molecular weight is 391 g/mol. The molecule has 8 nitrogen and oxygen atoms in total. The van der Waals surface area contributed by atoms with E-state index in [1.54, 1.807) is 0 Å². The van der Waals surface area contributed by atoms with Crippen molar-refractivity contribution in [1.82, 2.24) is 20.2 Å². The standard InChI is InChI=1S/C16H11F2N5O3S/c17-16(18)25-12-7-6-10(8-13(12)26-16)19-14(24)9-27-15-20-21-22-23(15)11-4-2-1-3-5-11/h1-8H,9H2,(H,19,24). The molecule has 138 valence electrons. The number of fused-ring (bicyclic) bond motifs is 1. The van der Waals surface area contributed by atoms with Crippen molar-refractivity contribution in [3.63, 3.8) is 0 Å². The van der Waals surface area contributed by atoms with Crippen LogP contribution in [0.2, 0.25) is 0 Å². The highest BCUT2D eigenvalue weighted by Gasteiger charge is 2.43. The van der Waals surface area contributed by atoms with Gasteiger partial charge in [-0.3, -0.25) is 4.79 Å². The van der Waals surface area contributed by atoms with E-state index < -0.39 is 6.29 Å². The zero-order valence-corrected chi connectivity index (χ0v) is 14.3. The number of rotatable bonds is 5. The number of hydrogen-bond acceptors (Lipinski definition) is 7. The van der Waals surface area contributed by atoms with Crippen LogP contribution in [0.15, 0.2) is 53.7 Å². The summed E-state index contributed by atoms with van der Waals surface area (Å²) in [6.45, 7) is 0. The van der Waals surface area contributed by atoms with E-state index in [-0.39, 0.29) is 23.2 Å². The number of ether oxygens (including phenoxy) is 2. The van der Waals surface area contributed by atoms with Gasteiger partial charge in [0.2, 0.25) is 11.1 Å². The van der Waals surface area contributed by atoms with Gasteiger partial charge in [0.1, 0.15) is 0 Å². The number of carbonyl (C=O) groups excluding carboxylic acids is 1. The number of benzene rings is 2. The molecule has 3 aromatic rings. The van der Waals surface area contributed by atoms with Gasteiger partial charge in [0, 0.05) is 11.8 Å². The van der Waals surface area contributed by atoms with Crippen LogP contribution in [0.5, 0.6) is 11.5 Å². The lowest BCUT2D eigenvalue weighted by atomic mass is 10.3. The van der Waals surface area contributed by atoms with Gasteiger partial charge in [-0.1, -0.05) is 30.0 Å². The summed E-state index contributed by atoms with van der Waals surface area (Å²) in [5.41, 5.74) is 1.07. The molecule has 27 heavy (non-hydrogen) atoms. The number of hydrogen-bond donors (Lipinski definition) is 1. The number of amides is 1. The summed E-state index contributed by atoms with van der Waals surface area (Å²) in [5, 5.41) is 14.5. The topological polar surface area (TPSA) is 91.2 Å². The normalized spacial score (nSPS) is 14.1. The fourth-order valence-corrected chi connectivity index (χ4v) is 3.04. The van der Waals surface area contributed by atoms with Gasteiger partial charge >= 0.3 is 6.29 Å². The molecule has 1 aromatic heterocycles. The molecular formula is C16H11F2N5O3S. The highest BCUT2D eigenvalue weighted by atomic mass is 32.2. The molecule has 0 radical (unpaired) electrons. The fraction of sp³-hybridized carbons (Fsp3) is 0.125. The molecule has 4 rings (SSSR count). The summed E-state index contributed by atoms with van der Waals surface area (Å²) in [5.74, 6) is -0.557. The van der Waals surface area contributed by atoms with Crippen LogP contribution in [0, 0.1) is 0 Å². The number of nitrogens with one attached hydrogen (secondary N) is 1. The zero-order chi connectivity index (χ0) is 18.9. The molecular weight excluding hydrogens is 380 g/mol. The van der Waals surface area contributed by atoms with Crippen LogP contribution in [0.4, 0.5) is 14.5 Å². The highest BCUT2D eigenvalue weighted by Crippen LogP contribution is 2.42. The van der Waals surface area contributed by atoms with Crippen LogP contribution in [-0.2, 0) is 4.79 Å². The molecule has 0 spiro atoms. The third kappa shape index (κ3) is 3.82. The molecule has 0 aliphatic carbocycles. The minimum Gasteiger partial charge on any atom is -0.395 e. The Morgan fingerprint density at radius 2 is 1.93 bits per heavy atom. The Morgan fingerprint density at radius 3 is 2.74 bits per heavy atom. The lowest BCUT2D eigenvalue weighted by Gasteiger charge is -2.06. The molecule has 1 aliphatic rings. The van der Waals surface area contributed by atoms with Gasteiger partial charge in [0.05, 0.1) is 11.4 Å². The lowest BCUT2D eigenvalue weighted by Crippen LogP contribution is -2.25. The van der Waals surface area contributed by atoms with Gasteiger partial charge < -0.3 is 14.8 Å². The van der Waals surface area contributed by atoms with E-state index in [0.717, 1.165) is 17.4 Å². The molecule has 2 aromatic carbocycles. The van der Waals surface area contributed by atoms with Gasteiger partial charge in [-0.05, 0) is 34.7 Å². The molecule has 1 aliphatic heterocycles.